The second-order valence-electron chi connectivity index (χ2n) is 7.43. The van der Waals surface area contributed by atoms with Gasteiger partial charge in [0.1, 0.15) is 0 Å². The fraction of sp³-hybridized carbons (Fsp3) is 0.304. The van der Waals surface area contributed by atoms with E-state index in [1.165, 1.54) is 5.69 Å². The first-order valence-electron chi connectivity index (χ1n) is 10.1. The van der Waals surface area contributed by atoms with Crippen LogP contribution in [0.15, 0.2) is 60.8 Å². The number of nitrogens with zero attached hydrogens (tertiary/aromatic N) is 4. The summed E-state index contributed by atoms with van der Waals surface area (Å²) in [7, 11) is 3.69. The van der Waals surface area contributed by atoms with Crippen molar-refractivity contribution in [3.05, 3.63) is 72.1 Å². The minimum Gasteiger partial charge on any atom is -0.493 e. The Morgan fingerprint density at radius 3 is 2.47 bits per heavy atom. The molecule has 2 heterocycles. The molecule has 0 unspecified atom stereocenters. The number of para-hydroxylation sites is 2. The number of ether oxygens (including phenoxy) is 1. The lowest BCUT2D eigenvalue weighted by atomic mass is 10.1. The standard InChI is InChI=1S/C23H27N5O2/c1-26-12-14-27(15-13-26)20-11-7-6-8-18(20)16-24-23(29)22-21(30-2)17-28(25-22)19-9-4-3-5-10-19/h3-11,17H,12-16H2,1-2H3,(H,24,29). The Balaban J connectivity index is 1.49. The van der Waals surface area contributed by atoms with Crippen molar-refractivity contribution in [3.63, 3.8) is 0 Å². The summed E-state index contributed by atoms with van der Waals surface area (Å²) in [6.07, 6.45) is 1.72. The number of aromatic nitrogens is 2. The Labute approximate surface area is 176 Å². The quantitative estimate of drug-likeness (QED) is 0.683. The van der Waals surface area contributed by atoms with Crippen molar-refractivity contribution < 1.29 is 9.53 Å². The molecule has 1 aromatic heterocycles. The van der Waals surface area contributed by atoms with E-state index in [0.717, 1.165) is 37.4 Å². The minimum atomic E-state index is -0.255. The normalized spacial score (nSPS) is 14.5. The summed E-state index contributed by atoms with van der Waals surface area (Å²) < 4.78 is 7.05. The Morgan fingerprint density at radius 1 is 1.03 bits per heavy atom. The van der Waals surface area contributed by atoms with Crippen LogP contribution in [0, 0.1) is 0 Å². The van der Waals surface area contributed by atoms with Gasteiger partial charge >= 0.3 is 0 Å². The molecule has 30 heavy (non-hydrogen) atoms. The van der Waals surface area contributed by atoms with Crippen LogP contribution in [0.25, 0.3) is 5.69 Å². The average molecular weight is 406 g/mol. The molecule has 1 fully saturated rings. The molecule has 156 valence electrons. The van der Waals surface area contributed by atoms with Gasteiger partial charge in [0.25, 0.3) is 5.91 Å². The van der Waals surface area contributed by atoms with Gasteiger partial charge in [0.15, 0.2) is 11.4 Å². The molecule has 1 N–H and O–H groups in total. The average Bonchev–Trinajstić information content (AvgIpc) is 3.24. The summed E-state index contributed by atoms with van der Waals surface area (Å²) in [5.41, 5.74) is 3.42. The summed E-state index contributed by atoms with van der Waals surface area (Å²) in [6, 6.07) is 17.9. The van der Waals surface area contributed by atoms with Gasteiger partial charge in [-0.3, -0.25) is 4.79 Å². The highest BCUT2D eigenvalue weighted by molar-refractivity contribution is 5.95. The van der Waals surface area contributed by atoms with Crippen LogP contribution in [0.5, 0.6) is 5.75 Å². The number of likely N-dealkylation sites (N-methyl/N-ethyl adjacent to an activating group) is 1. The number of benzene rings is 2. The monoisotopic (exact) mass is 405 g/mol. The van der Waals surface area contributed by atoms with Crippen LogP contribution >= 0.6 is 0 Å². The zero-order valence-electron chi connectivity index (χ0n) is 17.4. The predicted molar refractivity (Wildman–Crippen MR) is 117 cm³/mol. The van der Waals surface area contributed by atoms with Crippen LogP contribution in [0.1, 0.15) is 16.1 Å². The van der Waals surface area contributed by atoms with Gasteiger partial charge in [-0.2, -0.15) is 5.10 Å². The van der Waals surface area contributed by atoms with Crippen LogP contribution in [0.2, 0.25) is 0 Å². The molecule has 1 amide bonds. The molecule has 7 nitrogen and oxygen atoms in total. The third-order valence-electron chi connectivity index (χ3n) is 5.41. The molecule has 1 saturated heterocycles. The highest BCUT2D eigenvalue weighted by Gasteiger charge is 2.20. The first-order valence-corrected chi connectivity index (χ1v) is 10.1. The van der Waals surface area contributed by atoms with Gasteiger partial charge in [0.2, 0.25) is 0 Å². The molecule has 0 bridgehead atoms. The minimum absolute atomic E-state index is 0.255. The van der Waals surface area contributed by atoms with Crippen LogP contribution < -0.4 is 15.0 Å². The summed E-state index contributed by atoms with van der Waals surface area (Å²) in [5.74, 6) is 0.193. The van der Waals surface area contributed by atoms with E-state index in [0.29, 0.717) is 12.3 Å². The number of nitrogens with one attached hydrogen (secondary N) is 1. The number of hydrogen-bond donors (Lipinski definition) is 1. The molecule has 7 heteroatoms. The van der Waals surface area contributed by atoms with Gasteiger partial charge < -0.3 is 19.9 Å². The lowest BCUT2D eigenvalue weighted by molar-refractivity contribution is 0.0942. The number of hydrogen-bond acceptors (Lipinski definition) is 5. The maximum Gasteiger partial charge on any atom is 0.275 e. The third-order valence-corrected chi connectivity index (χ3v) is 5.41. The number of methoxy groups -OCH3 is 1. The lowest BCUT2D eigenvalue weighted by Gasteiger charge is -2.35. The smallest absolute Gasteiger partial charge is 0.275 e. The second kappa shape index (κ2) is 9.00. The SMILES string of the molecule is COc1cn(-c2ccccc2)nc1C(=O)NCc1ccccc1N1CCN(C)CC1. The zero-order valence-corrected chi connectivity index (χ0v) is 17.4. The molecule has 2 aromatic carbocycles. The van der Waals surface area contributed by atoms with Crippen LogP contribution in [0.3, 0.4) is 0 Å². The fourth-order valence-corrected chi connectivity index (χ4v) is 3.65. The Morgan fingerprint density at radius 2 is 1.73 bits per heavy atom. The maximum absolute atomic E-state index is 12.9. The number of rotatable bonds is 6. The molecule has 0 radical (unpaired) electrons. The summed E-state index contributed by atoms with van der Waals surface area (Å²) in [4.78, 5) is 17.6. The highest BCUT2D eigenvalue weighted by atomic mass is 16.5. The van der Waals surface area contributed by atoms with Gasteiger partial charge in [-0.05, 0) is 30.8 Å². The number of piperazine rings is 1. The second-order valence-corrected chi connectivity index (χ2v) is 7.43. The molecule has 0 aliphatic carbocycles. The lowest BCUT2D eigenvalue weighted by Crippen LogP contribution is -2.45. The van der Waals surface area contributed by atoms with Gasteiger partial charge in [-0.1, -0.05) is 36.4 Å². The first kappa shape index (κ1) is 20.0. The maximum atomic E-state index is 12.9. The summed E-state index contributed by atoms with van der Waals surface area (Å²) in [6.45, 7) is 4.47. The Kier molecular flexibility index (Phi) is 5.99. The van der Waals surface area contributed by atoms with Crippen LogP contribution in [-0.2, 0) is 6.54 Å². The molecular formula is C23H27N5O2. The molecule has 0 atom stereocenters. The van der Waals surface area contributed by atoms with E-state index in [4.69, 9.17) is 4.74 Å². The number of carbonyl (C=O) groups is 1. The molecule has 1 aliphatic rings. The predicted octanol–water partition coefficient (Wildman–Crippen LogP) is 2.56. The van der Waals surface area contributed by atoms with E-state index < -0.39 is 0 Å². The van der Waals surface area contributed by atoms with Gasteiger partial charge in [-0.25, -0.2) is 4.68 Å². The van der Waals surface area contributed by atoms with E-state index in [9.17, 15) is 4.79 Å². The van der Waals surface area contributed by atoms with Gasteiger partial charge in [0, 0.05) is 38.4 Å². The van der Waals surface area contributed by atoms with Crippen LogP contribution in [0.4, 0.5) is 5.69 Å². The van der Waals surface area contributed by atoms with Gasteiger partial charge in [-0.15, -0.1) is 0 Å². The van der Waals surface area contributed by atoms with Crippen molar-refractivity contribution in [2.24, 2.45) is 0 Å². The topological polar surface area (TPSA) is 62.6 Å². The van der Waals surface area contributed by atoms with Gasteiger partial charge in [0.05, 0.1) is 19.0 Å². The fourth-order valence-electron chi connectivity index (χ4n) is 3.65. The van der Waals surface area contributed by atoms with Crippen molar-refractivity contribution in [1.29, 1.82) is 0 Å². The molecule has 3 aromatic rings. The van der Waals surface area contributed by atoms with Crippen molar-refractivity contribution >= 4 is 11.6 Å². The summed E-state index contributed by atoms with van der Waals surface area (Å²) >= 11 is 0. The third kappa shape index (κ3) is 4.31. The van der Waals surface area contributed by atoms with Crippen molar-refractivity contribution in [1.82, 2.24) is 20.0 Å². The van der Waals surface area contributed by atoms with Crippen molar-refractivity contribution in [3.8, 4) is 11.4 Å². The molecular weight excluding hydrogens is 378 g/mol. The highest BCUT2D eigenvalue weighted by Crippen LogP contribution is 2.23. The number of anilines is 1. The van der Waals surface area contributed by atoms with Crippen molar-refractivity contribution in [2.45, 2.75) is 6.54 Å². The molecule has 0 saturated carbocycles. The van der Waals surface area contributed by atoms with E-state index in [1.54, 1.807) is 18.0 Å². The molecule has 4 rings (SSSR count). The van der Waals surface area contributed by atoms with E-state index in [-0.39, 0.29) is 11.6 Å². The summed E-state index contributed by atoms with van der Waals surface area (Å²) in [5, 5.41) is 7.46. The van der Waals surface area contributed by atoms with E-state index >= 15 is 0 Å². The Hall–Kier alpha value is -3.32. The molecule has 1 aliphatic heterocycles. The first-order chi connectivity index (χ1) is 14.7. The van der Waals surface area contributed by atoms with E-state index in [1.807, 2.05) is 42.5 Å². The largest absolute Gasteiger partial charge is 0.493 e. The van der Waals surface area contributed by atoms with E-state index in [2.05, 4.69) is 39.4 Å². The number of amides is 1. The zero-order chi connectivity index (χ0) is 20.9. The Bertz CT molecular complexity index is 994. The van der Waals surface area contributed by atoms with Crippen molar-refractivity contribution in [2.75, 3.05) is 45.2 Å². The number of carbonyl (C=O) groups excluding carboxylic acids is 1. The van der Waals surface area contributed by atoms with Crippen LogP contribution in [-0.4, -0.2) is 60.9 Å². The molecule has 0 spiro atoms.